The summed E-state index contributed by atoms with van der Waals surface area (Å²) < 4.78 is 4.67. The van der Waals surface area contributed by atoms with Gasteiger partial charge in [-0.2, -0.15) is 12.6 Å². The SMILES string of the molecule is CC(C)(S)C(=O)COc1ccccc1. The number of thiol groups is 1. The van der Waals surface area contributed by atoms with Crippen LogP contribution in [0.2, 0.25) is 0 Å². The molecule has 0 bridgehead atoms. The monoisotopic (exact) mass is 210 g/mol. The fourth-order valence-corrected chi connectivity index (χ4v) is 0.907. The summed E-state index contributed by atoms with van der Waals surface area (Å²) in [5, 5.41) is 0. The third-order valence-electron chi connectivity index (χ3n) is 1.80. The van der Waals surface area contributed by atoms with E-state index in [1.54, 1.807) is 13.8 Å². The minimum Gasteiger partial charge on any atom is -0.486 e. The minimum atomic E-state index is -0.630. The van der Waals surface area contributed by atoms with Gasteiger partial charge in [0.1, 0.15) is 12.4 Å². The largest absolute Gasteiger partial charge is 0.486 e. The normalized spacial score (nSPS) is 11.1. The summed E-state index contributed by atoms with van der Waals surface area (Å²) in [6.45, 7) is 3.58. The number of hydrogen-bond acceptors (Lipinski definition) is 3. The molecule has 2 nitrogen and oxygen atoms in total. The summed E-state index contributed by atoms with van der Waals surface area (Å²) in [5.41, 5.74) is 0. The van der Waals surface area contributed by atoms with Crippen LogP contribution >= 0.6 is 12.6 Å². The molecule has 0 aromatic heterocycles. The molecular weight excluding hydrogens is 196 g/mol. The topological polar surface area (TPSA) is 26.3 Å². The number of rotatable bonds is 4. The van der Waals surface area contributed by atoms with E-state index in [0.717, 1.165) is 0 Å². The van der Waals surface area contributed by atoms with E-state index in [0.29, 0.717) is 5.75 Å². The number of hydrogen-bond donors (Lipinski definition) is 1. The first-order valence-corrected chi connectivity index (χ1v) is 4.88. The number of ketones is 1. The van der Waals surface area contributed by atoms with E-state index in [2.05, 4.69) is 12.6 Å². The van der Waals surface area contributed by atoms with Crippen molar-refractivity contribution in [3.8, 4) is 5.75 Å². The second-order valence-electron chi connectivity index (χ2n) is 3.58. The molecule has 14 heavy (non-hydrogen) atoms. The van der Waals surface area contributed by atoms with Crippen LogP contribution in [0.1, 0.15) is 13.8 Å². The fraction of sp³-hybridized carbons (Fsp3) is 0.364. The second-order valence-corrected chi connectivity index (χ2v) is 4.70. The smallest absolute Gasteiger partial charge is 0.185 e. The summed E-state index contributed by atoms with van der Waals surface area (Å²) in [4.78, 5) is 11.4. The van der Waals surface area contributed by atoms with E-state index in [-0.39, 0.29) is 12.4 Å². The van der Waals surface area contributed by atoms with E-state index < -0.39 is 4.75 Å². The van der Waals surface area contributed by atoms with Crippen LogP contribution in [0, 0.1) is 0 Å². The molecule has 76 valence electrons. The van der Waals surface area contributed by atoms with Gasteiger partial charge in [-0.05, 0) is 26.0 Å². The molecule has 0 heterocycles. The minimum absolute atomic E-state index is 0.0234. The highest BCUT2D eigenvalue weighted by Gasteiger charge is 2.22. The number of carbonyl (C=O) groups excluding carboxylic acids is 1. The van der Waals surface area contributed by atoms with Crippen LogP contribution in [-0.2, 0) is 4.79 Å². The van der Waals surface area contributed by atoms with Gasteiger partial charge in [-0.15, -0.1) is 0 Å². The predicted molar refractivity (Wildman–Crippen MR) is 60.0 cm³/mol. The molecule has 0 N–H and O–H groups in total. The van der Waals surface area contributed by atoms with Crippen molar-refractivity contribution < 1.29 is 9.53 Å². The van der Waals surface area contributed by atoms with Gasteiger partial charge in [-0.3, -0.25) is 4.79 Å². The highest BCUT2D eigenvalue weighted by Crippen LogP contribution is 2.15. The Morgan fingerprint density at radius 2 is 1.93 bits per heavy atom. The van der Waals surface area contributed by atoms with Gasteiger partial charge in [-0.25, -0.2) is 0 Å². The van der Waals surface area contributed by atoms with Crippen LogP contribution in [-0.4, -0.2) is 17.1 Å². The average Bonchev–Trinajstić information content (AvgIpc) is 2.14. The maximum Gasteiger partial charge on any atom is 0.185 e. The Morgan fingerprint density at radius 1 is 1.36 bits per heavy atom. The Kier molecular flexibility index (Phi) is 3.58. The number of para-hydroxylation sites is 1. The molecule has 0 aliphatic heterocycles. The van der Waals surface area contributed by atoms with E-state index in [1.165, 1.54) is 0 Å². The zero-order chi connectivity index (χ0) is 10.6. The first-order valence-electron chi connectivity index (χ1n) is 4.43. The van der Waals surface area contributed by atoms with E-state index >= 15 is 0 Å². The van der Waals surface area contributed by atoms with Crippen LogP contribution in [0.4, 0.5) is 0 Å². The Hall–Kier alpha value is -0.960. The van der Waals surface area contributed by atoms with Crippen LogP contribution in [0.3, 0.4) is 0 Å². The first-order chi connectivity index (χ1) is 6.50. The maximum absolute atomic E-state index is 11.4. The van der Waals surface area contributed by atoms with Crippen molar-refractivity contribution in [3.63, 3.8) is 0 Å². The molecule has 0 unspecified atom stereocenters. The summed E-state index contributed by atoms with van der Waals surface area (Å²) in [7, 11) is 0. The third-order valence-corrected chi connectivity index (χ3v) is 2.04. The van der Waals surface area contributed by atoms with Gasteiger partial charge in [0.25, 0.3) is 0 Å². The Labute approximate surface area is 89.7 Å². The van der Waals surface area contributed by atoms with Crippen molar-refractivity contribution in [2.45, 2.75) is 18.6 Å². The summed E-state index contributed by atoms with van der Waals surface area (Å²) in [5.74, 6) is 0.683. The molecule has 0 saturated heterocycles. The lowest BCUT2D eigenvalue weighted by Gasteiger charge is -2.15. The van der Waals surface area contributed by atoms with Crippen LogP contribution < -0.4 is 4.74 Å². The van der Waals surface area contributed by atoms with Crippen molar-refractivity contribution in [2.24, 2.45) is 0 Å². The summed E-state index contributed by atoms with van der Waals surface area (Å²) in [6, 6.07) is 9.27. The molecule has 0 fully saturated rings. The third kappa shape index (κ3) is 3.42. The maximum atomic E-state index is 11.4. The lowest BCUT2D eigenvalue weighted by Crippen LogP contribution is -2.30. The van der Waals surface area contributed by atoms with Gasteiger partial charge < -0.3 is 4.74 Å². The van der Waals surface area contributed by atoms with E-state index in [9.17, 15) is 4.79 Å². The van der Waals surface area contributed by atoms with Crippen molar-refractivity contribution in [2.75, 3.05) is 6.61 Å². The number of carbonyl (C=O) groups is 1. The summed E-state index contributed by atoms with van der Waals surface area (Å²) in [6.07, 6.45) is 0. The molecule has 0 spiro atoms. The quantitative estimate of drug-likeness (QED) is 0.772. The molecule has 0 saturated carbocycles. The van der Waals surface area contributed by atoms with Gasteiger partial charge in [0.05, 0.1) is 4.75 Å². The summed E-state index contributed by atoms with van der Waals surface area (Å²) >= 11 is 4.17. The van der Waals surface area contributed by atoms with E-state index in [4.69, 9.17) is 4.74 Å². The van der Waals surface area contributed by atoms with E-state index in [1.807, 2.05) is 30.3 Å². The molecule has 1 rings (SSSR count). The van der Waals surface area contributed by atoms with Crippen molar-refractivity contribution in [1.82, 2.24) is 0 Å². The van der Waals surface area contributed by atoms with Gasteiger partial charge in [-0.1, -0.05) is 18.2 Å². The van der Waals surface area contributed by atoms with Crippen LogP contribution in [0.15, 0.2) is 30.3 Å². The van der Waals surface area contributed by atoms with Crippen molar-refractivity contribution in [1.29, 1.82) is 0 Å². The molecular formula is C11H14O2S. The second kappa shape index (κ2) is 4.51. The zero-order valence-corrected chi connectivity index (χ0v) is 9.25. The molecule has 0 amide bonds. The van der Waals surface area contributed by atoms with Crippen LogP contribution in [0.5, 0.6) is 5.75 Å². The molecule has 0 aliphatic carbocycles. The zero-order valence-electron chi connectivity index (χ0n) is 8.36. The highest BCUT2D eigenvalue weighted by atomic mass is 32.1. The predicted octanol–water partition coefficient (Wildman–Crippen LogP) is 2.34. The Bertz CT molecular complexity index is 301. The lowest BCUT2D eigenvalue weighted by molar-refractivity contribution is -0.122. The fourth-order valence-electron chi connectivity index (χ4n) is 0.842. The Balaban J connectivity index is 2.46. The van der Waals surface area contributed by atoms with Crippen molar-refractivity contribution >= 4 is 18.4 Å². The molecule has 1 aromatic carbocycles. The highest BCUT2D eigenvalue weighted by molar-refractivity contribution is 7.82. The average molecular weight is 210 g/mol. The van der Waals surface area contributed by atoms with Gasteiger partial charge in [0.2, 0.25) is 0 Å². The molecule has 1 aromatic rings. The first kappa shape index (κ1) is 11.1. The lowest BCUT2D eigenvalue weighted by atomic mass is 10.1. The van der Waals surface area contributed by atoms with Gasteiger partial charge >= 0.3 is 0 Å². The van der Waals surface area contributed by atoms with Crippen LogP contribution in [0.25, 0.3) is 0 Å². The molecule has 0 atom stereocenters. The van der Waals surface area contributed by atoms with Crippen molar-refractivity contribution in [3.05, 3.63) is 30.3 Å². The Morgan fingerprint density at radius 3 is 2.43 bits per heavy atom. The molecule has 3 heteroatoms. The van der Waals surface area contributed by atoms with Gasteiger partial charge in [0.15, 0.2) is 5.78 Å². The van der Waals surface area contributed by atoms with Gasteiger partial charge in [0, 0.05) is 0 Å². The standard InChI is InChI=1S/C11H14O2S/c1-11(2,14)10(12)8-13-9-6-4-3-5-7-9/h3-7,14H,8H2,1-2H3. The number of Topliss-reactive ketones (excluding diaryl/α,β-unsaturated/α-hetero) is 1. The molecule has 0 radical (unpaired) electrons. The molecule has 0 aliphatic rings. The number of benzene rings is 1. The number of ether oxygens (including phenoxy) is 1.